The molecule has 0 saturated heterocycles. The van der Waals surface area contributed by atoms with Crippen molar-refractivity contribution < 1.29 is 23.9 Å². The third-order valence-corrected chi connectivity index (χ3v) is 5.42. The molecule has 2 aromatic rings. The Morgan fingerprint density at radius 3 is 2.68 bits per heavy atom. The molecule has 1 aliphatic heterocycles. The molecule has 1 aliphatic rings. The van der Waals surface area contributed by atoms with E-state index < -0.39 is 11.9 Å². The molecule has 0 saturated carbocycles. The predicted octanol–water partition coefficient (Wildman–Crippen LogP) is 3.01. The third-order valence-electron chi connectivity index (χ3n) is 4.21. The maximum atomic E-state index is 12.8. The molecule has 0 bridgehead atoms. The van der Waals surface area contributed by atoms with Crippen LogP contribution in [-0.4, -0.2) is 38.0 Å². The second kappa shape index (κ2) is 8.26. The molecule has 0 spiro atoms. The molecule has 2 N–H and O–H groups in total. The number of esters is 1. The van der Waals surface area contributed by atoms with Crippen molar-refractivity contribution in [3.63, 3.8) is 0 Å². The van der Waals surface area contributed by atoms with E-state index in [0.717, 1.165) is 16.9 Å². The van der Waals surface area contributed by atoms with Gasteiger partial charge in [-0.05, 0) is 31.6 Å². The fourth-order valence-corrected chi connectivity index (χ4v) is 3.95. The molecule has 0 fully saturated rings. The average Bonchev–Trinajstić information content (AvgIpc) is 3.03. The molecule has 0 atom stereocenters. The highest BCUT2D eigenvalue weighted by Gasteiger charge is 2.27. The number of benzene rings is 1. The van der Waals surface area contributed by atoms with Crippen molar-refractivity contribution in [1.29, 1.82) is 0 Å². The zero-order valence-corrected chi connectivity index (χ0v) is 16.6. The first-order chi connectivity index (χ1) is 13.5. The summed E-state index contributed by atoms with van der Waals surface area (Å²) in [6.07, 6.45) is 1.75. The van der Waals surface area contributed by atoms with E-state index in [4.69, 9.17) is 9.47 Å². The van der Waals surface area contributed by atoms with Gasteiger partial charge in [-0.3, -0.25) is 9.59 Å². The van der Waals surface area contributed by atoms with E-state index in [-0.39, 0.29) is 29.7 Å². The second-order valence-electron chi connectivity index (χ2n) is 6.01. The Balaban J connectivity index is 1.93. The number of para-hydroxylation sites is 1. The summed E-state index contributed by atoms with van der Waals surface area (Å²) in [5.74, 6) is -0.603. The summed E-state index contributed by atoms with van der Waals surface area (Å²) in [4.78, 5) is 37.6. The first kappa shape index (κ1) is 19.6. The quantitative estimate of drug-likeness (QED) is 0.753. The van der Waals surface area contributed by atoms with Gasteiger partial charge in [-0.2, -0.15) is 0 Å². The molecule has 146 valence electrons. The topological polar surface area (TPSA) is 93.7 Å². The van der Waals surface area contributed by atoms with Crippen LogP contribution in [0, 0.1) is 6.92 Å². The molecule has 8 heteroatoms. The SMILES string of the molecule is CCOC(=O)c1c(NC(=O)C2=Cc3ccccc3OC2)sc(C(=O)NC)c1C. The van der Waals surface area contributed by atoms with Crippen LogP contribution < -0.4 is 15.4 Å². The van der Waals surface area contributed by atoms with Crippen LogP contribution in [-0.2, 0) is 9.53 Å². The lowest BCUT2D eigenvalue weighted by Crippen LogP contribution is -2.22. The third kappa shape index (κ3) is 3.77. The Kier molecular flexibility index (Phi) is 5.79. The monoisotopic (exact) mass is 400 g/mol. The van der Waals surface area contributed by atoms with Crippen molar-refractivity contribution in [3.05, 3.63) is 51.4 Å². The fraction of sp³-hybridized carbons (Fsp3) is 0.250. The standard InChI is InChI=1S/C20H20N2O5S/c1-4-26-20(25)15-11(2)16(18(24)21-3)28-19(15)22-17(23)13-9-12-7-5-6-8-14(12)27-10-13/h5-9H,4,10H2,1-3H3,(H,21,24)(H,22,23). The summed E-state index contributed by atoms with van der Waals surface area (Å²) in [6, 6.07) is 7.40. The molecule has 28 heavy (non-hydrogen) atoms. The maximum Gasteiger partial charge on any atom is 0.341 e. The molecule has 7 nitrogen and oxygen atoms in total. The Morgan fingerprint density at radius 2 is 1.96 bits per heavy atom. The molecule has 0 aliphatic carbocycles. The number of thiophene rings is 1. The second-order valence-corrected chi connectivity index (χ2v) is 7.03. The van der Waals surface area contributed by atoms with E-state index in [1.165, 1.54) is 7.05 Å². The van der Waals surface area contributed by atoms with Gasteiger partial charge in [0.05, 0.1) is 22.6 Å². The number of ether oxygens (including phenoxy) is 2. The van der Waals surface area contributed by atoms with Crippen molar-refractivity contribution in [1.82, 2.24) is 5.32 Å². The largest absolute Gasteiger partial charge is 0.488 e. The number of rotatable bonds is 5. The molecular formula is C20H20N2O5S. The summed E-state index contributed by atoms with van der Waals surface area (Å²) in [6.45, 7) is 3.65. The minimum Gasteiger partial charge on any atom is -0.488 e. The number of fused-ring (bicyclic) bond motifs is 1. The molecule has 0 unspecified atom stereocenters. The first-order valence-electron chi connectivity index (χ1n) is 8.72. The van der Waals surface area contributed by atoms with Gasteiger partial charge < -0.3 is 20.1 Å². The van der Waals surface area contributed by atoms with Gasteiger partial charge >= 0.3 is 5.97 Å². The van der Waals surface area contributed by atoms with Crippen LogP contribution in [0.5, 0.6) is 5.75 Å². The zero-order valence-electron chi connectivity index (χ0n) is 15.8. The minimum absolute atomic E-state index is 0.115. The number of hydrogen-bond donors (Lipinski definition) is 2. The first-order valence-corrected chi connectivity index (χ1v) is 9.54. The van der Waals surface area contributed by atoms with Gasteiger partial charge in [0.2, 0.25) is 0 Å². The number of hydrogen-bond acceptors (Lipinski definition) is 6. The van der Waals surface area contributed by atoms with Crippen molar-refractivity contribution >= 4 is 40.2 Å². The highest BCUT2D eigenvalue weighted by molar-refractivity contribution is 7.18. The predicted molar refractivity (Wildman–Crippen MR) is 107 cm³/mol. The number of amides is 2. The van der Waals surface area contributed by atoms with Crippen molar-refractivity contribution in [3.8, 4) is 5.75 Å². The van der Waals surface area contributed by atoms with Gasteiger partial charge in [-0.15, -0.1) is 11.3 Å². The number of carbonyl (C=O) groups excluding carboxylic acids is 3. The normalized spacial score (nSPS) is 12.3. The van der Waals surface area contributed by atoms with Crippen LogP contribution in [0.25, 0.3) is 6.08 Å². The molecule has 2 amide bonds. The highest BCUT2D eigenvalue weighted by atomic mass is 32.1. The zero-order chi connectivity index (χ0) is 20.3. The van der Waals surface area contributed by atoms with Crippen LogP contribution in [0.4, 0.5) is 5.00 Å². The molecule has 0 radical (unpaired) electrons. The summed E-state index contributed by atoms with van der Waals surface area (Å²) in [7, 11) is 1.51. The summed E-state index contributed by atoms with van der Waals surface area (Å²) in [5.41, 5.74) is 1.88. The lowest BCUT2D eigenvalue weighted by molar-refractivity contribution is -0.113. The van der Waals surface area contributed by atoms with Crippen molar-refractivity contribution in [2.45, 2.75) is 13.8 Å². The van der Waals surface area contributed by atoms with E-state index in [2.05, 4.69) is 10.6 Å². The molecule has 1 aromatic carbocycles. The Morgan fingerprint density at radius 1 is 1.21 bits per heavy atom. The lowest BCUT2D eigenvalue weighted by atomic mass is 10.1. The molecular weight excluding hydrogens is 380 g/mol. The molecule has 2 heterocycles. The summed E-state index contributed by atoms with van der Waals surface area (Å²) < 4.78 is 10.7. The molecule has 3 rings (SSSR count). The highest BCUT2D eigenvalue weighted by Crippen LogP contribution is 2.34. The number of anilines is 1. The van der Waals surface area contributed by atoms with Gasteiger partial charge in [-0.25, -0.2) is 4.79 Å². The average molecular weight is 400 g/mol. The maximum absolute atomic E-state index is 12.8. The minimum atomic E-state index is -0.582. The Hall–Kier alpha value is -3.13. The number of carbonyl (C=O) groups is 3. The van der Waals surface area contributed by atoms with Crippen molar-refractivity contribution in [2.75, 3.05) is 25.6 Å². The van der Waals surface area contributed by atoms with Gasteiger partial charge in [0.15, 0.2) is 0 Å². The lowest BCUT2D eigenvalue weighted by Gasteiger charge is -2.17. The van der Waals surface area contributed by atoms with E-state index in [1.807, 2.05) is 24.3 Å². The van der Waals surface area contributed by atoms with E-state index in [0.29, 0.717) is 21.8 Å². The molecule has 1 aromatic heterocycles. The Bertz CT molecular complexity index is 977. The van der Waals surface area contributed by atoms with Gasteiger partial charge in [0, 0.05) is 12.6 Å². The fourth-order valence-electron chi connectivity index (χ4n) is 2.81. The van der Waals surface area contributed by atoms with Crippen LogP contribution in [0.3, 0.4) is 0 Å². The summed E-state index contributed by atoms with van der Waals surface area (Å²) >= 11 is 1.04. The smallest absolute Gasteiger partial charge is 0.341 e. The Labute approximate surface area is 166 Å². The summed E-state index contributed by atoms with van der Waals surface area (Å²) in [5, 5.41) is 5.55. The van der Waals surface area contributed by atoms with Crippen LogP contribution in [0.15, 0.2) is 29.8 Å². The van der Waals surface area contributed by atoms with Gasteiger partial charge in [0.1, 0.15) is 17.4 Å². The van der Waals surface area contributed by atoms with Gasteiger partial charge in [0.25, 0.3) is 11.8 Å². The van der Waals surface area contributed by atoms with Crippen LogP contribution in [0.1, 0.15) is 38.1 Å². The van der Waals surface area contributed by atoms with E-state index >= 15 is 0 Å². The van der Waals surface area contributed by atoms with Gasteiger partial charge in [-0.1, -0.05) is 18.2 Å². The van der Waals surface area contributed by atoms with E-state index in [1.54, 1.807) is 19.9 Å². The van der Waals surface area contributed by atoms with Crippen LogP contribution in [0.2, 0.25) is 0 Å². The van der Waals surface area contributed by atoms with E-state index in [9.17, 15) is 14.4 Å². The van der Waals surface area contributed by atoms with Crippen LogP contribution >= 0.6 is 11.3 Å². The van der Waals surface area contributed by atoms with Crippen molar-refractivity contribution in [2.24, 2.45) is 0 Å². The number of nitrogens with one attached hydrogen (secondary N) is 2.